The van der Waals surface area contributed by atoms with Gasteiger partial charge in [-0.25, -0.2) is 4.98 Å². The number of methoxy groups -OCH3 is 1. The predicted molar refractivity (Wildman–Crippen MR) is 111 cm³/mol. The van der Waals surface area contributed by atoms with Gasteiger partial charge in [0.15, 0.2) is 11.5 Å². The zero-order valence-electron chi connectivity index (χ0n) is 16.1. The first-order valence-electron chi connectivity index (χ1n) is 9.09. The van der Waals surface area contributed by atoms with Crippen LogP contribution >= 0.6 is 15.9 Å². The van der Waals surface area contributed by atoms with E-state index in [2.05, 4.69) is 25.8 Å². The molecule has 154 valence electrons. The summed E-state index contributed by atoms with van der Waals surface area (Å²) in [6.07, 6.45) is 1.73. The van der Waals surface area contributed by atoms with Gasteiger partial charge < -0.3 is 19.3 Å². The van der Waals surface area contributed by atoms with Crippen LogP contribution in [0.1, 0.15) is 17.3 Å². The summed E-state index contributed by atoms with van der Waals surface area (Å²) in [5, 5.41) is 11.5. The third-order valence-corrected chi connectivity index (χ3v) is 5.08. The molecule has 0 atom stereocenters. The highest BCUT2D eigenvalue weighted by Gasteiger charge is 2.30. The third kappa shape index (κ3) is 4.58. The zero-order valence-corrected chi connectivity index (χ0v) is 17.7. The van der Waals surface area contributed by atoms with Crippen molar-refractivity contribution in [2.24, 2.45) is 0 Å². The molecule has 10 heteroatoms. The topological polar surface area (TPSA) is 98.0 Å². The number of halogens is 1. The molecule has 1 aliphatic heterocycles. The summed E-state index contributed by atoms with van der Waals surface area (Å²) in [4.78, 5) is 32.1. The Kier molecular flexibility index (Phi) is 6.53. The van der Waals surface area contributed by atoms with E-state index in [1.54, 1.807) is 18.0 Å². The van der Waals surface area contributed by atoms with Gasteiger partial charge in [0.1, 0.15) is 11.4 Å². The molecule has 0 spiro atoms. The Morgan fingerprint density at radius 1 is 1.24 bits per heavy atom. The molecule has 0 saturated carbocycles. The molecule has 1 aromatic carbocycles. The molecule has 29 heavy (non-hydrogen) atoms. The maximum absolute atomic E-state index is 13.1. The van der Waals surface area contributed by atoms with Gasteiger partial charge in [-0.05, 0) is 35.0 Å². The quantitative estimate of drug-likeness (QED) is 0.478. The van der Waals surface area contributed by atoms with E-state index in [-0.39, 0.29) is 17.0 Å². The van der Waals surface area contributed by atoms with Gasteiger partial charge in [-0.1, -0.05) is 0 Å². The molecule has 9 nitrogen and oxygen atoms in total. The number of nitro groups is 1. The van der Waals surface area contributed by atoms with Crippen LogP contribution in [0.5, 0.6) is 11.5 Å². The van der Waals surface area contributed by atoms with Gasteiger partial charge in [-0.2, -0.15) is 0 Å². The number of pyridine rings is 1. The van der Waals surface area contributed by atoms with Crippen molar-refractivity contribution in [2.45, 2.75) is 6.92 Å². The molecule has 0 unspecified atom stereocenters. The number of rotatable bonds is 6. The van der Waals surface area contributed by atoms with Gasteiger partial charge >= 0.3 is 0 Å². The van der Waals surface area contributed by atoms with E-state index in [9.17, 15) is 14.9 Å². The van der Waals surface area contributed by atoms with Gasteiger partial charge in [-0.3, -0.25) is 14.9 Å². The Bertz CT molecular complexity index is 898. The number of nitrogens with zero attached hydrogens (tertiary/aromatic N) is 4. The van der Waals surface area contributed by atoms with E-state index in [0.29, 0.717) is 38.5 Å². The molecule has 2 aromatic rings. The Morgan fingerprint density at radius 3 is 2.52 bits per heavy atom. The second-order valence-electron chi connectivity index (χ2n) is 6.32. The number of hydrogen-bond donors (Lipinski definition) is 0. The molecular weight excluding hydrogens is 444 g/mol. The van der Waals surface area contributed by atoms with Crippen molar-refractivity contribution in [2.75, 3.05) is 44.8 Å². The number of amides is 1. The fourth-order valence-corrected chi connectivity index (χ4v) is 3.40. The minimum Gasteiger partial charge on any atom is -0.493 e. The number of hydrogen-bond acceptors (Lipinski definition) is 7. The molecule has 1 saturated heterocycles. The molecule has 1 fully saturated rings. The van der Waals surface area contributed by atoms with Gasteiger partial charge in [-0.15, -0.1) is 0 Å². The number of benzene rings is 1. The Hall–Kier alpha value is -2.88. The van der Waals surface area contributed by atoms with E-state index in [1.807, 2.05) is 12.1 Å². The van der Waals surface area contributed by atoms with Gasteiger partial charge in [0, 0.05) is 42.9 Å². The monoisotopic (exact) mass is 464 g/mol. The molecule has 1 aromatic heterocycles. The lowest BCUT2D eigenvalue weighted by atomic mass is 10.1. The van der Waals surface area contributed by atoms with Gasteiger partial charge in [0.05, 0.1) is 24.7 Å². The van der Waals surface area contributed by atoms with Crippen LogP contribution in [0.25, 0.3) is 0 Å². The second-order valence-corrected chi connectivity index (χ2v) is 7.24. The van der Waals surface area contributed by atoms with E-state index in [1.165, 1.54) is 19.2 Å². The molecule has 0 N–H and O–H groups in total. The van der Waals surface area contributed by atoms with E-state index < -0.39 is 10.8 Å². The van der Waals surface area contributed by atoms with Crippen LogP contribution in [0.3, 0.4) is 0 Å². The molecule has 2 heterocycles. The Morgan fingerprint density at radius 2 is 1.97 bits per heavy atom. The molecule has 1 amide bonds. The third-order valence-electron chi connectivity index (χ3n) is 4.61. The summed E-state index contributed by atoms with van der Waals surface area (Å²) in [5.41, 5.74) is -0.304. The van der Waals surface area contributed by atoms with Crippen molar-refractivity contribution in [3.05, 3.63) is 50.6 Å². The van der Waals surface area contributed by atoms with Crippen molar-refractivity contribution in [1.29, 1.82) is 0 Å². The molecular formula is C19H21BrN4O5. The van der Waals surface area contributed by atoms with Crippen molar-refractivity contribution < 1.29 is 19.2 Å². The molecule has 0 bridgehead atoms. The predicted octanol–water partition coefficient (Wildman–Crippen LogP) is 3.12. The summed E-state index contributed by atoms with van der Waals surface area (Å²) >= 11 is 3.36. The molecule has 1 aliphatic rings. The Balaban J connectivity index is 1.80. The van der Waals surface area contributed by atoms with Crippen LogP contribution in [-0.2, 0) is 0 Å². The summed E-state index contributed by atoms with van der Waals surface area (Å²) < 4.78 is 11.6. The van der Waals surface area contributed by atoms with E-state index in [0.717, 1.165) is 10.3 Å². The summed E-state index contributed by atoms with van der Waals surface area (Å²) in [6.45, 7) is 4.18. The van der Waals surface area contributed by atoms with Crippen LogP contribution in [0.4, 0.5) is 11.5 Å². The SMILES string of the molecule is CCOc1cc(C(=O)N2CCN(c3ccc(Br)cn3)CC2)c([N+](=O)[O-])cc1OC. The lowest BCUT2D eigenvalue weighted by Gasteiger charge is -2.35. The van der Waals surface area contributed by atoms with Gasteiger partial charge in [0.25, 0.3) is 11.6 Å². The lowest BCUT2D eigenvalue weighted by Crippen LogP contribution is -2.49. The maximum Gasteiger partial charge on any atom is 0.286 e. The summed E-state index contributed by atoms with van der Waals surface area (Å²) in [5.74, 6) is 0.959. The van der Waals surface area contributed by atoms with Crippen molar-refractivity contribution in [3.8, 4) is 11.5 Å². The number of anilines is 1. The number of ether oxygens (including phenoxy) is 2. The number of aromatic nitrogens is 1. The highest BCUT2D eigenvalue weighted by molar-refractivity contribution is 9.10. The average Bonchev–Trinajstić information content (AvgIpc) is 2.73. The molecule has 0 radical (unpaired) electrons. The van der Waals surface area contributed by atoms with Crippen LogP contribution in [0.15, 0.2) is 34.9 Å². The normalized spacial score (nSPS) is 13.9. The van der Waals surface area contributed by atoms with Crippen LogP contribution in [0.2, 0.25) is 0 Å². The maximum atomic E-state index is 13.1. The lowest BCUT2D eigenvalue weighted by molar-refractivity contribution is -0.385. The summed E-state index contributed by atoms with van der Waals surface area (Å²) in [6, 6.07) is 6.45. The summed E-state index contributed by atoms with van der Waals surface area (Å²) in [7, 11) is 1.40. The standard InChI is InChI=1S/C19H21BrN4O5/c1-3-29-17-10-14(15(24(26)27)11-16(17)28-2)19(25)23-8-6-22(7-9-23)18-5-4-13(20)12-21-18/h4-5,10-12H,3,6-9H2,1-2H3. The largest absolute Gasteiger partial charge is 0.493 e. The van der Waals surface area contributed by atoms with E-state index >= 15 is 0 Å². The van der Waals surface area contributed by atoms with E-state index in [4.69, 9.17) is 9.47 Å². The van der Waals surface area contributed by atoms with Crippen molar-refractivity contribution in [1.82, 2.24) is 9.88 Å². The van der Waals surface area contributed by atoms with Crippen LogP contribution < -0.4 is 14.4 Å². The molecule has 0 aliphatic carbocycles. The number of nitro benzene ring substituents is 1. The number of carbonyl (C=O) groups is 1. The Labute approximate surface area is 176 Å². The highest BCUT2D eigenvalue weighted by atomic mass is 79.9. The minimum atomic E-state index is -0.576. The zero-order chi connectivity index (χ0) is 21.0. The number of piperazine rings is 1. The van der Waals surface area contributed by atoms with Crippen molar-refractivity contribution >= 4 is 33.3 Å². The minimum absolute atomic E-state index is 0.00512. The first kappa shape index (κ1) is 20.8. The van der Waals surface area contributed by atoms with Gasteiger partial charge in [0.2, 0.25) is 0 Å². The van der Waals surface area contributed by atoms with Crippen LogP contribution in [0, 0.1) is 10.1 Å². The second kappa shape index (κ2) is 9.08. The fraction of sp³-hybridized carbons (Fsp3) is 0.368. The van der Waals surface area contributed by atoms with Crippen LogP contribution in [-0.4, -0.2) is 60.6 Å². The first-order valence-corrected chi connectivity index (χ1v) is 9.89. The average molecular weight is 465 g/mol. The highest BCUT2D eigenvalue weighted by Crippen LogP contribution is 2.35. The smallest absolute Gasteiger partial charge is 0.286 e. The fourth-order valence-electron chi connectivity index (χ4n) is 3.16. The van der Waals surface area contributed by atoms with Crippen molar-refractivity contribution in [3.63, 3.8) is 0 Å². The molecule has 3 rings (SSSR count). The first-order chi connectivity index (χ1) is 13.9. The number of carbonyl (C=O) groups excluding carboxylic acids is 1.